The zero-order valence-electron chi connectivity index (χ0n) is 21.0. The number of imide groups is 1. The molecule has 2 saturated heterocycles. The van der Waals surface area contributed by atoms with E-state index < -0.39 is 34.8 Å². The predicted octanol–water partition coefficient (Wildman–Crippen LogP) is 4.83. The number of rotatable bonds is 9. The van der Waals surface area contributed by atoms with Crippen molar-refractivity contribution in [3.63, 3.8) is 0 Å². The van der Waals surface area contributed by atoms with Gasteiger partial charge in [0.1, 0.15) is 5.92 Å². The van der Waals surface area contributed by atoms with Crippen LogP contribution < -0.4 is 19.4 Å². The van der Waals surface area contributed by atoms with E-state index in [1.807, 2.05) is 62.4 Å². The largest absolute Gasteiger partial charge is 0.490 e. The van der Waals surface area contributed by atoms with Gasteiger partial charge in [-0.25, -0.2) is 9.96 Å². The Labute approximate surface area is 219 Å². The molecular weight excluding hydrogens is 490 g/mol. The molecule has 0 aliphatic carbocycles. The lowest BCUT2D eigenvalue weighted by Gasteiger charge is -2.29. The summed E-state index contributed by atoms with van der Waals surface area (Å²) in [5, 5.41) is 12.7. The van der Waals surface area contributed by atoms with E-state index in [2.05, 4.69) is 0 Å². The fourth-order valence-corrected chi connectivity index (χ4v) is 4.84. The summed E-state index contributed by atoms with van der Waals surface area (Å²) in [7, 11) is 0. The van der Waals surface area contributed by atoms with Crippen LogP contribution in [0.3, 0.4) is 0 Å². The highest BCUT2D eigenvalue weighted by atomic mass is 16.7. The Morgan fingerprint density at radius 3 is 2.29 bits per heavy atom. The van der Waals surface area contributed by atoms with Crippen molar-refractivity contribution >= 4 is 28.9 Å². The number of anilines is 2. The molecule has 0 bridgehead atoms. The third-order valence-electron chi connectivity index (χ3n) is 6.52. The number of hydroxylamine groups is 1. The fourth-order valence-electron chi connectivity index (χ4n) is 4.84. The summed E-state index contributed by atoms with van der Waals surface area (Å²) in [5.41, 5.74) is 1.54. The fraction of sp³-hybridized carbons (Fsp3) is 0.286. The Kier molecular flexibility index (Phi) is 6.97. The van der Waals surface area contributed by atoms with E-state index in [0.717, 1.165) is 16.9 Å². The lowest BCUT2D eigenvalue weighted by molar-refractivity contribution is -0.384. The molecule has 3 aromatic rings. The molecule has 5 rings (SSSR count). The summed E-state index contributed by atoms with van der Waals surface area (Å²) < 4.78 is 11.7. The van der Waals surface area contributed by atoms with Gasteiger partial charge in [-0.15, -0.1) is 0 Å². The monoisotopic (exact) mass is 517 g/mol. The number of nitrogens with zero attached hydrogens (tertiary/aromatic N) is 3. The van der Waals surface area contributed by atoms with Crippen LogP contribution >= 0.6 is 0 Å². The van der Waals surface area contributed by atoms with Crippen LogP contribution in [0.15, 0.2) is 72.8 Å². The Morgan fingerprint density at radius 1 is 0.895 bits per heavy atom. The van der Waals surface area contributed by atoms with Gasteiger partial charge in [0.25, 0.3) is 11.6 Å². The van der Waals surface area contributed by atoms with Crippen molar-refractivity contribution in [2.75, 3.05) is 23.2 Å². The van der Waals surface area contributed by atoms with Crippen LogP contribution in [0.4, 0.5) is 17.1 Å². The second kappa shape index (κ2) is 10.5. The van der Waals surface area contributed by atoms with Gasteiger partial charge in [-0.2, -0.15) is 0 Å². The van der Waals surface area contributed by atoms with Crippen LogP contribution in [0.1, 0.15) is 31.9 Å². The highest BCUT2D eigenvalue weighted by molar-refractivity contribution is 6.24. The SMILES string of the molecule is CCCOc1ccc([C@@H]2[C@H]3C(=O)N(c4ccc([N+](=O)[O-])cc4)C(=O)[C@H]3ON2c2ccccc2)cc1OCC. The maximum atomic E-state index is 13.8. The van der Waals surface area contributed by atoms with E-state index in [-0.39, 0.29) is 11.4 Å². The van der Waals surface area contributed by atoms with E-state index in [1.54, 1.807) is 5.06 Å². The Hall–Kier alpha value is -4.44. The quantitative estimate of drug-likeness (QED) is 0.225. The summed E-state index contributed by atoms with van der Waals surface area (Å²) >= 11 is 0. The molecule has 0 saturated carbocycles. The van der Waals surface area contributed by atoms with Gasteiger partial charge in [-0.1, -0.05) is 31.2 Å². The summed E-state index contributed by atoms with van der Waals surface area (Å²) in [6, 6.07) is 19.4. The number of nitro benzene ring substituents is 1. The first-order chi connectivity index (χ1) is 18.4. The van der Waals surface area contributed by atoms with Crippen molar-refractivity contribution in [2.24, 2.45) is 5.92 Å². The van der Waals surface area contributed by atoms with Crippen molar-refractivity contribution in [3.8, 4) is 11.5 Å². The van der Waals surface area contributed by atoms with Gasteiger partial charge < -0.3 is 9.47 Å². The van der Waals surface area contributed by atoms with E-state index >= 15 is 0 Å². The molecule has 2 aliphatic rings. The first-order valence-corrected chi connectivity index (χ1v) is 12.5. The average Bonchev–Trinajstić information content (AvgIpc) is 3.44. The number of carbonyl (C=O) groups is 2. The van der Waals surface area contributed by atoms with Gasteiger partial charge >= 0.3 is 0 Å². The zero-order chi connectivity index (χ0) is 26.8. The highest BCUT2D eigenvalue weighted by Crippen LogP contribution is 2.48. The normalized spacial score (nSPS) is 20.5. The van der Waals surface area contributed by atoms with E-state index in [9.17, 15) is 19.7 Å². The summed E-state index contributed by atoms with van der Waals surface area (Å²) in [6.07, 6.45) is -0.223. The molecule has 2 fully saturated rings. The standard InChI is InChI=1S/C28H27N3O7/c1-3-16-37-22-15-10-18(17-23(22)36-4-2)25-24-26(38-30(25)20-8-6-5-7-9-20)28(33)29(27(24)32)19-11-13-21(14-12-19)31(34)35/h5-15,17,24-26H,3-4,16H2,1-2H3/t24-,25-,26+/m1/s1. The Bertz CT molecular complexity index is 1350. The van der Waals surface area contributed by atoms with Crippen LogP contribution in [0.5, 0.6) is 11.5 Å². The number of nitro groups is 1. The van der Waals surface area contributed by atoms with Gasteiger partial charge in [0, 0.05) is 12.1 Å². The molecule has 2 aliphatic heterocycles. The number of ether oxygens (including phenoxy) is 2. The van der Waals surface area contributed by atoms with Gasteiger partial charge in [-0.3, -0.25) is 24.5 Å². The number of para-hydroxylation sites is 1. The van der Waals surface area contributed by atoms with Crippen molar-refractivity contribution in [3.05, 3.63) is 88.5 Å². The molecule has 0 aromatic heterocycles. The summed E-state index contributed by atoms with van der Waals surface area (Å²) in [6.45, 7) is 4.85. The minimum atomic E-state index is -1.06. The number of fused-ring (bicyclic) bond motifs is 1. The highest BCUT2D eigenvalue weighted by Gasteiger charge is 2.60. The molecule has 0 radical (unpaired) electrons. The van der Waals surface area contributed by atoms with Gasteiger partial charge in [0.2, 0.25) is 5.91 Å². The first-order valence-electron chi connectivity index (χ1n) is 12.5. The molecule has 0 N–H and O–H groups in total. The second-order valence-corrected chi connectivity index (χ2v) is 8.93. The molecule has 3 aromatic carbocycles. The van der Waals surface area contributed by atoms with Crippen molar-refractivity contribution in [1.82, 2.24) is 0 Å². The molecule has 2 amide bonds. The van der Waals surface area contributed by atoms with E-state index in [1.165, 1.54) is 24.3 Å². The topological polar surface area (TPSA) is 111 Å². The van der Waals surface area contributed by atoms with Gasteiger partial charge in [-0.05, 0) is 55.3 Å². The molecule has 0 spiro atoms. The lowest BCUT2D eigenvalue weighted by atomic mass is 9.90. The van der Waals surface area contributed by atoms with E-state index in [0.29, 0.717) is 30.4 Å². The minimum absolute atomic E-state index is 0.133. The molecular formula is C28H27N3O7. The van der Waals surface area contributed by atoms with Crippen molar-refractivity contribution in [2.45, 2.75) is 32.4 Å². The Morgan fingerprint density at radius 2 is 1.63 bits per heavy atom. The predicted molar refractivity (Wildman–Crippen MR) is 139 cm³/mol. The third kappa shape index (κ3) is 4.43. The number of benzene rings is 3. The van der Waals surface area contributed by atoms with Crippen LogP contribution in [0.2, 0.25) is 0 Å². The summed E-state index contributed by atoms with van der Waals surface area (Å²) in [4.78, 5) is 45.0. The smallest absolute Gasteiger partial charge is 0.269 e. The molecule has 0 unspecified atom stereocenters. The molecule has 38 heavy (non-hydrogen) atoms. The molecule has 10 nitrogen and oxygen atoms in total. The number of amides is 2. The third-order valence-corrected chi connectivity index (χ3v) is 6.52. The maximum absolute atomic E-state index is 13.8. The Balaban J connectivity index is 1.55. The van der Waals surface area contributed by atoms with Crippen LogP contribution in [0.25, 0.3) is 0 Å². The van der Waals surface area contributed by atoms with Crippen molar-refractivity contribution < 1.29 is 28.8 Å². The average molecular weight is 518 g/mol. The van der Waals surface area contributed by atoms with Crippen molar-refractivity contribution in [1.29, 1.82) is 0 Å². The molecule has 10 heteroatoms. The molecule has 3 atom stereocenters. The zero-order valence-corrected chi connectivity index (χ0v) is 21.0. The van der Waals surface area contributed by atoms with Crippen LogP contribution in [-0.2, 0) is 14.4 Å². The van der Waals surface area contributed by atoms with Gasteiger partial charge in [0.15, 0.2) is 17.6 Å². The number of hydrogen-bond donors (Lipinski definition) is 0. The number of carbonyl (C=O) groups excluding carboxylic acids is 2. The first kappa shape index (κ1) is 25.2. The number of hydrogen-bond acceptors (Lipinski definition) is 8. The molecule has 2 heterocycles. The van der Waals surface area contributed by atoms with E-state index in [4.69, 9.17) is 14.3 Å². The number of non-ortho nitro benzene ring substituents is 1. The summed E-state index contributed by atoms with van der Waals surface area (Å²) in [5.74, 6) is -0.680. The lowest BCUT2D eigenvalue weighted by Crippen LogP contribution is -2.37. The van der Waals surface area contributed by atoms with Crippen LogP contribution in [-0.4, -0.2) is 36.1 Å². The van der Waals surface area contributed by atoms with Crippen LogP contribution in [0, 0.1) is 16.0 Å². The maximum Gasteiger partial charge on any atom is 0.269 e. The molecule has 196 valence electrons. The van der Waals surface area contributed by atoms with Gasteiger partial charge in [0.05, 0.1) is 35.6 Å². The second-order valence-electron chi connectivity index (χ2n) is 8.93. The minimum Gasteiger partial charge on any atom is -0.490 e.